The van der Waals surface area contributed by atoms with Gasteiger partial charge in [-0.3, -0.25) is 0 Å². The fourth-order valence-electron chi connectivity index (χ4n) is 2.69. The first-order valence-electron chi connectivity index (χ1n) is 8.66. The summed E-state index contributed by atoms with van der Waals surface area (Å²) in [6, 6.07) is 0. The second-order valence-electron chi connectivity index (χ2n) is 6.45. The summed E-state index contributed by atoms with van der Waals surface area (Å²) in [6.45, 7) is 8.52. The van der Waals surface area contributed by atoms with Gasteiger partial charge in [0.25, 0.3) is 0 Å². The van der Waals surface area contributed by atoms with Crippen molar-refractivity contribution < 1.29 is 10.2 Å². The zero-order valence-electron chi connectivity index (χ0n) is 13.6. The Labute approximate surface area is 144 Å². The molecule has 0 aliphatic carbocycles. The Balaban J connectivity index is 0. The van der Waals surface area contributed by atoms with Gasteiger partial charge in [-0.15, -0.1) is 0 Å². The van der Waals surface area contributed by atoms with Crippen LogP contribution in [0.2, 0.25) is 0 Å². The molecule has 5 nitrogen and oxygen atoms in total. The van der Waals surface area contributed by atoms with Crippen LogP contribution >= 0.6 is 0 Å². The van der Waals surface area contributed by atoms with Gasteiger partial charge in [-0.2, -0.15) is 0 Å². The molecule has 3 aliphatic rings. The molecule has 1 unspecified atom stereocenters. The average Bonchev–Trinajstić information content (AvgIpc) is 2.51. The minimum absolute atomic E-state index is 0. The van der Waals surface area contributed by atoms with Gasteiger partial charge in [0.1, 0.15) is 0 Å². The first-order valence-corrected chi connectivity index (χ1v) is 8.66. The Morgan fingerprint density at radius 1 is 0.652 bits per heavy atom. The standard InChI is InChI=1S/C6H13N.2C5H11NO.2CH4/c1-6-3-2-4-7-5-6;2*7-5-2-1-3-6-4-5;;/h6-7H,2-5H2,1H3;2*5-7H,1-4H2;2*1H4/t6-;5-;;;/m01.../s1. The van der Waals surface area contributed by atoms with E-state index in [2.05, 4.69) is 22.9 Å². The number of hydrogen-bond donors (Lipinski definition) is 5. The highest BCUT2D eigenvalue weighted by molar-refractivity contribution is 4.66. The van der Waals surface area contributed by atoms with E-state index >= 15 is 0 Å². The molecule has 3 aliphatic heterocycles. The number of rotatable bonds is 0. The molecular weight excluding hydrogens is 290 g/mol. The molecular formula is C18H43N3O2. The van der Waals surface area contributed by atoms with Crippen molar-refractivity contribution in [2.45, 2.75) is 72.5 Å². The summed E-state index contributed by atoms with van der Waals surface area (Å²) < 4.78 is 0. The van der Waals surface area contributed by atoms with E-state index in [0.29, 0.717) is 0 Å². The molecule has 0 amide bonds. The molecule has 0 aromatic rings. The van der Waals surface area contributed by atoms with Crippen molar-refractivity contribution in [3.05, 3.63) is 0 Å². The predicted octanol–water partition coefficient (Wildman–Crippen LogP) is 1.74. The van der Waals surface area contributed by atoms with Crippen LogP contribution in [-0.4, -0.2) is 61.7 Å². The van der Waals surface area contributed by atoms with Gasteiger partial charge in [-0.05, 0) is 70.6 Å². The normalized spacial score (nSPS) is 30.1. The third-order valence-corrected chi connectivity index (χ3v) is 4.09. The second kappa shape index (κ2) is 16.7. The van der Waals surface area contributed by atoms with Gasteiger partial charge in [-0.1, -0.05) is 21.8 Å². The number of β-amino-alcohol motifs (C(OH)–C–C–N with tert-alkyl or cyclic N) is 2. The van der Waals surface area contributed by atoms with Gasteiger partial charge in [0.15, 0.2) is 0 Å². The molecule has 0 aromatic carbocycles. The van der Waals surface area contributed by atoms with Crippen molar-refractivity contribution in [2.75, 3.05) is 39.3 Å². The topological polar surface area (TPSA) is 76.5 Å². The number of aliphatic hydroxyl groups is 2. The molecule has 3 saturated heterocycles. The highest BCUT2D eigenvalue weighted by atomic mass is 16.3. The zero-order chi connectivity index (χ0) is 15.3. The van der Waals surface area contributed by atoms with Crippen LogP contribution in [0.25, 0.3) is 0 Å². The second-order valence-corrected chi connectivity index (χ2v) is 6.45. The molecule has 0 spiro atoms. The Bertz CT molecular complexity index is 186. The van der Waals surface area contributed by atoms with Gasteiger partial charge >= 0.3 is 0 Å². The van der Waals surface area contributed by atoms with E-state index in [1.807, 2.05) is 0 Å². The molecule has 142 valence electrons. The van der Waals surface area contributed by atoms with E-state index in [1.165, 1.54) is 25.9 Å². The van der Waals surface area contributed by atoms with Crippen LogP contribution in [0.4, 0.5) is 0 Å². The summed E-state index contributed by atoms with van der Waals surface area (Å²) in [5.41, 5.74) is 0. The first-order chi connectivity index (χ1) is 10.2. The SMILES string of the molecule is C.C.C[C@H]1CCCNC1.OC1CCCNC1.O[C@@H]1CCCNC1. The van der Waals surface area contributed by atoms with Gasteiger partial charge in [0, 0.05) is 13.1 Å². The smallest absolute Gasteiger partial charge is 0.0665 e. The minimum atomic E-state index is -0.0752. The highest BCUT2D eigenvalue weighted by Crippen LogP contribution is 2.06. The van der Waals surface area contributed by atoms with E-state index in [-0.39, 0.29) is 27.1 Å². The maximum atomic E-state index is 8.85. The molecule has 0 bridgehead atoms. The summed E-state index contributed by atoms with van der Waals surface area (Å²) in [4.78, 5) is 0. The third kappa shape index (κ3) is 15.1. The number of piperidine rings is 3. The first kappa shape index (κ1) is 25.0. The summed E-state index contributed by atoms with van der Waals surface area (Å²) in [6.07, 6.45) is 6.86. The van der Waals surface area contributed by atoms with Crippen molar-refractivity contribution in [1.82, 2.24) is 16.0 Å². The molecule has 5 heteroatoms. The Hall–Kier alpha value is -0.200. The predicted molar refractivity (Wildman–Crippen MR) is 101 cm³/mol. The summed E-state index contributed by atoms with van der Waals surface area (Å²) in [7, 11) is 0. The largest absolute Gasteiger partial charge is 0.392 e. The van der Waals surface area contributed by atoms with Gasteiger partial charge in [-0.25, -0.2) is 0 Å². The lowest BCUT2D eigenvalue weighted by Crippen LogP contribution is -2.33. The Kier molecular flexibility index (Phi) is 18.1. The Morgan fingerprint density at radius 3 is 1.17 bits per heavy atom. The van der Waals surface area contributed by atoms with Crippen molar-refractivity contribution in [3.63, 3.8) is 0 Å². The molecule has 5 N–H and O–H groups in total. The van der Waals surface area contributed by atoms with E-state index in [4.69, 9.17) is 10.2 Å². The lowest BCUT2D eigenvalue weighted by molar-refractivity contribution is 0.142. The average molecular weight is 334 g/mol. The van der Waals surface area contributed by atoms with Crippen LogP contribution in [0.1, 0.15) is 60.3 Å². The number of hydrogen-bond acceptors (Lipinski definition) is 5. The van der Waals surface area contributed by atoms with Crippen molar-refractivity contribution >= 4 is 0 Å². The molecule has 3 heterocycles. The quantitative estimate of drug-likeness (QED) is 0.467. The zero-order valence-corrected chi connectivity index (χ0v) is 13.6. The maximum Gasteiger partial charge on any atom is 0.0665 e. The number of aliphatic hydroxyl groups excluding tert-OH is 2. The van der Waals surface area contributed by atoms with Crippen molar-refractivity contribution in [1.29, 1.82) is 0 Å². The highest BCUT2D eigenvalue weighted by Gasteiger charge is 2.07. The number of nitrogens with one attached hydrogen (secondary N) is 3. The summed E-state index contributed by atoms with van der Waals surface area (Å²) in [5.74, 6) is 0.925. The van der Waals surface area contributed by atoms with Crippen LogP contribution in [0.15, 0.2) is 0 Å². The molecule has 0 saturated carbocycles. The van der Waals surface area contributed by atoms with Crippen LogP contribution in [0.5, 0.6) is 0 Å². The fraction of sp³-hybridized carbons (Fsp3) is 1.00. The lowest BCUT2D eigenvalue weighted by atomic mass is 10.0. The van der Waals surface area contributed by atoms with E-state index in [0.717, 1.165) is 57.8 Å². The van der Waals surface area contributed by atoms with Crippen molar-refractivity contribution in [2.24, 2.45) is 5.92 Å². The van der Waals surface area contributed by atoms with Gasteiger partial charge in [0.05, 0.1) is 12.2 Å². The van der Waals surface area contributed by atoms with E-state index in [9.17, 15) is 0 Å². The van der Waals surface area contributed by atoms with E-state index < -0.39 is 0 Å². The lowest BCUT2D eigenvalue weighted by Gasteiger charge is -2.17. The molecule has 3 fully saturated rings. The molecule has 0 aromatic heterocycles. The maximum absolute atomic E-state index is 8.85. The van der Waals surface area contributed by atoms with Crippen LogP contribution in [0.3, 0.4) is 0 Å². The van der Waals surface area contributed by atoms with Crippen LogP contribution < -0.4 is 16.0 Å². The molecule has 23 heavy (non-hydrogen) atoms. The fourth-order valence-corrected chi connectivity index (χ4v) is 2.69. The Morgan fingerprint density at radius 2 is 1.04 bits per heavy atom. The van der Waals surface area contributed by atoms with Gasteiger partial charge < -0.3 is 26.2 Å². The van der Waals surface area contributed by atoms with Crippen LogP contribution in [-0.2, 0) is 0 Å². The summed E-state index contributed by atoms with van der Waals surface area (Å²) in [5, 5.41) is 27.2. The molecule has 0 radical (unpaired) electrons. The summed E-state index contributed by atoms with van der Waals surface area (Å²) >= 11 is 0. The van der Waals surface area contributed by atoms with Gasteiger partial charge in [0.2, 0.25) is 0 Å². The molecule has 3 rings (SSSR count). The van der Waals surface area contributed by atoms with Crippen LogP contribution in [0, 0.1) is 5.92 Å². The molecule has 3 atom stereocenters. The minimum Gasteiger partial charge on any atom is -0.392 e. The third-order valence-electron chi connectivity index (χ3n) is 4.09. The van der Waals surface area contributed by atoms with Crippen molar-refractivity contribution in [3.8, 4) is 0 Å². The monoisotopic (exact) mass is 333 g/mol. The van der Waals surface area contributed by atoms with E-state index in [1.54, 1.807) is 0 Å².